The van der Waals surface area contributed by atoms with Gasteiger partial charge in [-0.05, 0) is 50.3 Å². The molecule has 22 heavy (non-hydrogen) atoms. The first-order chi connectivity index (χ1) is 10.5. The van der Waals surface area contributed by atoms with Crippen molar-refractivity contribution >= 4 is 11.6 Å². The topological polar surface area (TPSA) is 55.1 Å². The molecule has 1 heterocycles. The van der Waals surface area contributed by atoms with Crippen molar-refractivity contribution in [2.45, 2.75) is 40.0 Å². The lowest BCUT2D eigenvalue weighted by atomic mass is 9.76. The number of benzene rings is 1. The number of anilines is 1. The Morgan fingerprint density at radius 3 is 2.73 bits per heavy atom. The number of nitrogens with one attached hydrogen (secondary N) is 1. The fourth-order valence-corrected chi connectivity index (χ4v) is 2.82. The van der Waals surface area contributed by atoms with E-state index in [9.17, 15) is 4.79 Å². The summed E-state index contributed by atoms with van der Waals surface area (Å²) in [4.78, 5) is 16.7. The Balaban J connectivity index is 1.78. The molecule has 4 heteroatoms. The first kappa shape index (κ1) is 14.8. The van der Waals surface area contributed by atoms with Crippen LogP contribution in [0.3, 0.4) is 0 Å². The van der Waals surface area contributed by atoms with Gasteiger partial charge in [0.1, 0.15) is 6.26 Å². The number of carbonyl (C=O) groups excluding carboxylic acids is 1. The van der Waals surface area contributed by atoms with Crippen LogP contribution < -0.4 is 5.32 Å². The lowest BCUT2D eigenvalue weighted by molar-refractivity contribution is -0.121. The average molecular weight is 298 g/mol. The molecular weight excluding hydrogens is 276 g/mol. The van der Waals surface area contributed by atoms with Gasteiger partial charge in [0.05, 0.1) is 5.69 Å². The summed E-state index contributed by atoms with van der Waals surface area (Å²) >= 11 is 0. The van der Waals surface area contributed by atoms with Crippen LogP contribution in [0.15, 0.2) is 28.9 Å². The van der Waals surface area contributed by atoms with Gasteiger partial charge in [-0.15, -0.1) is 0 Å². The Kier molecular flexibility index (Phi) is 4.01. The number of aromatic nitrogens is 1. The van der Waals surface area contributed by atoms with E-state index >= 15 is 0 Å². The summed E-state index contributed by atoms with van der Waals surface area (Å²) in [6.45, 7) is 5.93. The Labute approximate surface area is 130 Å². The van der Waals surface area contributed by atoms with E-state index in [4.69, 9.17) is 4.42 Å². The second-order valence-corrected chi connectivity index (χ2v) is 6.29. The lowest BCUT2D eigenvalue weighted by Gasteiger charge is -2.30. The molecule has 1 amide bonds. The van der Waals surface area contributed by atoms with Crippen molar-refractivity contribution in [1.82, 2.24) is 4.98 Å². The number of amides is 1. The van der Waals surface area contributed by atoms with E-state index in [1.54, 1.807) is 6.26 Å². The summed E-state index contributed by atoms with van der Waals surface area (Å²) in [6, 6.07) is 5.85. The molecule has 0 radical (unpaired) electrons. The summed E-state index contributed by atoms with van der Waals surface area (Å²) in [6.07, 6.45) is 5.23. The zero-order chi connectivity index (χ0) is 15.7. The standard InChI is InChI=1S/C18H22N2O2/c1-11-7-8-15(9-16(11)18-19-12(2)10-22-18)20-17(21)13(3)14-5-4-6-14/h7-10,13-14H,4-6H2,1-3H3,(H,20,21)/t13-/m0/s1. The summed E-state index contributed by atoms with van der Waals surface area (Å²) in [5, 5.41) is 3.03. The van der Waals surface area contributed by atoms with Gasteiger partial charge >= 0.3 is 0 Å². The zero-order valence-electron chi connectivity index (χ0n) is 13.3. The molecular formula is C18H22N2O2. The van der Waals surface area contributed by atoms with Crippen LogP contribution in [0.1, 0.15) is 37.4 Å². The van der Waals surface area contributed by atoms with E-state index in [0.29, 0.717) is 11.8 Å². The van der Waals surface area contributed by atoms with E-state index in [-0.39, 0.29) is 11.8 Å². The van der Waals surface area contributed by atoms with Crippen LogP contribution in [0.5, 0.6) is 0 Å². The van der Waals surface area contributed by atoms with E-state index < -0.39 is 0 Å². The third-order valence-corrected chi connectivity index (χ3v) is 4.63. The van der Waals surface area contributed by atoms with Gasteiger partial charge < -0.3 is 9.73 Å². The summed E-state index contributed by atoms with van der Waals surface area (Å²) < 4.78 is 5.48. The van der Waals surface area contributed by atoms with Crippen LogP contribution in [0.2, 0.25) is 0 Å². The van der Waals surface area contributed by atoms with Crippen molar-refractivity contribution in [2.24, 2.45) is 11.8 Å². The van der Waals surface area contributed by atoms with E-state index in [1.165, 1.54) is 19.3 Å². The maximum atomic E-state index is 12.3. The quantitative estimate of drug-likeness (QED) is 0.913. The molecule has 1 fully saturated rings. The summed E-state index contributed by atoms with van der Waals surface area (Å²) in [5.41, 5.74) is 3.64. The molecule has 3 rings (SSSR count). The predicted octanol–water partition coefficient (Wildman–Crippen LogP) is 4.33. The van der Waals surface area contributed by atoms with Gasteiger partial charge in [0.2, 0.25) is 11.8 Å². The molecule has 2 aromatic rings. The van der Waals surface area contributed by atoms with Crippen molar-refractivity contribution in [3.05, 3.63) is 35.7 Å². The molecule has 0 unspecified atom stereocenters. The third-order valence-electron chi connectivity index (χ3n) is 4.63. The van der Waals surface area contributed by atoms with Crippen molar-refractivity contribution in [1.29, 1.82) is 0 Å². The lowest BCUT2D eigenvalue weighted by Crippen LogP contribution is -2.30. The minimum Gasteiger partial charge on any atom is -0.444 e. The van der Waals surface area contributed by atoms with Crippen LogP contribution in [-0.4, -0.2) is 10.9 Å². The molecule has 1 N–H and O–H groups in total. The highest BCUT2D eigenvalue weighted by Crippen LogP contribution is 2.34. The van der Waals surface area contributed by atoms with Crippen LogP contribution in [0.25, 0.3) is 11.5 Å². The molecule has 1 saturated carbocycles. The number of rotatable bonds is 4. The van der Waals surface area contributed by atoms with Gasteiger partial charge in [-0.2, -0.15) is 0 Å². The molecule has 1 aliphatic rings. The molecule has 1 aliphatic carbocycles. The first-order valence-electron chi connectivity index (χ1n) is 7.88. The van der Waals surface area contributed by atoms with E-state index in [0.717, 1.165) is 22.5 Å². The molecule has 1 aromatic heterocycles. The fourth-order valence-electron chi connectivity index (χ4n) is 2.82. The van der Waals surface area contributed by atoms with Gasteiger partial charge in [0, 0.05) is 17.2 Å². The Hall–Kier alpha value is -2.10. The monoisotopic (exact) mass is 298 g/mol. The number of hydrogen-bond donors (Lipinski definition) is 1. The largest absolute Gasteiger partial charge is 0.444 e. The first-order valence-corrected chi connectivity index (χ1v) is 7.88. The van der Waals surface area contributed by atoms with E-state index in [2.05, 4.69) is 10.3 Å². The molecule has 0 saturated heterocycles. The minimum atomic E-state index is 0.0717. The summed E-state index contributed by atoms with van der Waals surface area (Å²) in [7, 11) is 0. The molecule has 0 spiro atoms. The molecule has 0 aliphatic heterocycles. The van der Waals surface area contributed by atoms with Gasteiger partial charge in [-0.25, -0.2) is 4.98 Å². The molecule has 1 aromatic carbocycles. The average Bonchev–Trinajstić information content (AvgIpc) is 2.85. The number of carbonyl (C=O) groups is 1. The van der Waals surface area contributed by atoms with E-state index in [1.807, 2.05) is 39.0 Å². The predicted molar refractivity (Wildman–Crippen MR) is 86.5 cm³/mol. The maximum absolute atomic E-state index is 12.3. The van der Waals surface area contributed by atoms with Gasteiger partial charge in [0.25, 0.3) is 0 Å². The van der Waals surface area contributed by atoms with Crippen molar-refractivity contribution in [2.75, 3.05) is 5.32 Å². The van der Waals surface area contributed by atoms with Crippen LogP contribution >= 0.6 is 0 Å². The zero-order valence-corrected chi connectivity index (χ0v) is 13.3. The smallest absolute Gasteiger partial charge is 0.227 e. The molecule has 1 atom stereocenters. The number of nitrogens with zero attached hydrogens (tertiary/aromatic N) is 1. The second-order valence-electron chi connectivity index (χ2n) is 6.29. The highest BCUT2D eigenvalue weighted by Gasteiger charge is 2.28. The van der Waals surface area contributed by atoms with Crippen LogP contribution in [0, 0.1) is 25.7 Å². The minimum absolute atomic E-state index is 0.0717. The number of oxazole rings is 1. The van der Waals surface area contributed by atoms with Crippen molar-refractivity contribution < 1.29 is 9.21 Å². The second kappa shape index (κ2) is 5.95. The highest BCUT2D eigenvalue weighted by atomic mass is 16.3. The maximum Gasteiger partial charge on any atom is 0.227 e. The molecule has 4 nitrogen and oxygen atoms in total. The normalized spacial score (nSPS) is 16.1. The Morgan fingerprint density at radius 2 is 2.14 bits per heavy atom. The van der Waals surface area contributed by atoms with Gasteiger partial charge in [0.15, 0.2) is 0 Å². The number of hydrogen-bond acceptors (Lipinski definition) is 3. The molecule has 0 bridgehead atoms. The SMILES string of the molecule is Cc1coc(-c2cc(NC(=O)[C@@H](C)C3CCC3)ccc2C)n1. The fraction of sp³-hybridized carbons (Fsp3) is 0.444. The van der Waals surface area contributed by atoms with Gasteiger partial charge in [-0.1, -0.05) is 19.4 Å². The Bertz CT molecular complexity index is 686. The highest BCUT2D eigenvalue weighted by molar-refractivity contribution is 5.93. The number of aryl methyl sites for hydroxylation is 2. The third kappa shape index (κ3) is 2.91. The Morgan fingerprint density at radius 1 is 1.36 bits per heavy atom. The van der Waals surface area contributed by atoms with Crippen LogP contribution in [0.4, 0.5) is 5.69 Å². The molecule has 116 valence electrons. The van der Waals surface area contributed by atoms with Crippen molar-refractivity contribution in [3.8, 4) is 11.5 Å². The van der Waals surface area contributed by atoms with Crippen LogP contribution in [-0.2, 0) is 4.79 Å². The summed E-state index contributed by atoms with van der Waals surface area (Å²) in [5.74, 6) is 1.31. The van der Waals surface area contributed by atoms with Crippen molar-refractivity contribution in [3.63, 3.8) is 0 Å². The van der Waals surface area contributed by atoms with Gasteiger partial charge in [-0.3, -0.25) is 4.79 Å².